The van der Waals surface area contributed by atoms with Gasteiger partial charge in [-0.2, -0.15) is 0 Å². The summed E-state index contributed by atoms with van der Waals surface area (Å²) in [6.07, 6.45) is 0. The Morgan fingerprint density at radius 2 is 1.68 bits per heavy atom. The first-order valence-electron chi connectivity index (χ1n) is 5.18. The zero-order chi connectivity index (χ0) is 13.8. The Balaban J connectivity index is 1.94. The number of hydrogen-bond donors (Lipinski definition) is 2. The van der Waals surface area contributed by atoms with Crippen LogP contribution in [-0.4, -0.2) is 11.9 Å². The molecule has 0 aliphatic carbocycles. The minimum Gasteiger partial charge on any atom is -0.308 e. The molecule has 1 heterocycles. The smallest absolute Gasteiger partial charge is 0.308 e. The second-order valence-corrected chi connectivity index (χ2v) is 5.67. The van der Waals surface area contributed by atoms with Crippen LogP contribution in [0.4, 0.5) is 10.5 Å². The summed E-state index contributed by atoms with van der Waals surface area (Å²) in [7, 11) is 0. The van der Waals surface area contributed by atoms with Crippen LogP contribution in [0, 0.1) is 0 Å². The fourth-order valence-corrected chi connectivity index (χ4v) is 2.36. The molecule has 1 aromatic heterocycles. The first-order chi connectivity index (χ1) is 9.04. The van der Waals surface area contributed by atoms with E-state index in [9.17, 15) is 9.59 Å². The summed E-state index contributed by atoms with van der Waals surface area (Å²) in [6, 6.07) is 9.08. The minimum absolute atomic E-state index is 0.372. The number of nitrogens with one attached hydrogen (secondary N) is 2. The quantitative estimate of drug-likeness (QED) is 0.879. The summed E-state index contributed by atoms with van der Waals surface area (Å²) in [4.78, 5) is 23.6. The second kappa shape index (κ2) is 6.06. The van der Waals surface area contributed by atoms with Crippen molar-refractivity contribution < 1.29 is 9.59 Å². The molecule has 0 saturated heterocycles. The molecule has 2 rings (SSSR count). The van der Waals surface area contributed by atoms with Gasteiger partial charge in [0.05, 0.1) is 9.21 Å². The highest BCUT2D eigenvalue weighted by molar-refractivity contribution is 7.18. The van der Waals surface area contributed by atoms with Crippen LogP contribution in [0.1, 0.15) is 9.67 Å². The van der Waals surface area contributed by atoms with Crippen LogP contribution in [0.25, 0.3) is 0 Å². The lowest BCUT2D eigenvalue weighted by molar-refractivity contribution is 0.0971. The molecule has 19 heavy (non-hydrogen) atoms. The third-order valence-corrected chi connectivity index (χ3v) is 3.61. The van der Waals surface area contributed by atoms with E-state index in [1.54, 1.807) is 36.4 Å². The number of benzene rings is 1. The second-order valence-electron chi connectivity index (χ2n) is 3.52. The van der Waals surface area contributed by atoms with Crippen LogP contribution in [0.15, 0.2) is 36.4 Å². The molecule has 2 aromatic rings. The number of thiophene rings is 1. The van der Waals surface area contributed by atoms with Gasteiger partial charge in [0.1, 0.15) is 0 Å². The fraction of sp³-hybridized carbons (Fsp3) is 0. The SMILES string of the molecule is O=C(NC(=O)c1ccc(Cl)s1)Nc1ccc(Cl)cc1. The summed E-state index contributed by atoms with van der Waals surface area (Å²) >= 11 is 12.5. The molecule has 0 aliphatic heterocycles. The molecule has 7 heteroatoms. The first kappa shape index (κ1) is 13.9. The van der Waals surface area contributed by atoms with Gasteiger partial charge >= 0.3 is 6.03 Å². The van der Waals surface area contributed by atoms with Gasteiger partial charge in [-0.05, 0) is 36.4 Å². The van der Waals surface area contributed by atoms with Gasteiger partial charge in [-0.3, -0.25) is 10.1 Å². The standard InChI is InChI=1S/C12H8Cl2N2O2S/c13-7-1-3-8(4-2-7)15-12(18)16-11(17)9-5-6-10(14)19-9/h1-6H,(H2,15,16,17,18). The summed E-state index contributed by atoms with van der Waals surface area (Å²) in [5.41, 5.74) is 0.541. The zero-order valence-electron chi connectivity index (χ0n) is 9.44. The molecule has 0 bridgehead atoms. The summed E-state index contributed by atoms with van der Waals surface area (Å²) in [5, 5.41) is 5.29. The third-order valence-electron chi connectivity index (χ3n) is 2.13. The summed E-state index contributed by atoms with van der Waals surface area (Å²) in [5.74, 6) is -0.497. The molecule has 0 spiro atoms. The minimum atomic E-state index is -0.614. The molecule has 3 amide bonds. The molecular formula is C12H8Cl2N2O2S. The molecule has 98 valence electrons. The lowest BCUT2D eigenvalue weighted by Gasteiger charge is -2.05. The Labute approximate surface area is 123 Å². The number of anilines is 1. The molecule has 0 fully saturated rings. The average Bonchev–Trinajstić information content (AvgIpc) is 2.79. The Hall–Kier alpha value is -1.56. The van der Waals surface area contributed by atoms with E-state index in [0.29, 0.717) is 19.9 Å². The van der Waals surface area contributed by atoms with Crippen LogP contribution in [0.3, 0.4) is 0 Å². The summed E-state index contributed by atoms with van der Waals surface area (Å²) in [6.45, 7) is 0. The highest BCUT2D eigenvalue weighted by atomic mass is 35.5. The monoisotopic (exact) mass is 314 g/mol. The number of carbonyl (C=O) groups is 2. The maximum atomic E-state index is 11.7. The summed E-state index contributed by atoms with van der Waals surface area (Å²) < 4.78 is 0.489. The van der Waals surface area contributed by atoms with Crippen molar-refractivity contribution in [3.05, 3.63) is 50.6 Å². The van der Waals surface area contributed by atoms with Crippen LogP contribution in [-0.2, 0) is 0 Å². The number of rotatable bonds is 2. The van der Waals surface area contributed by atoms with Crippen molar-refractivity contribution >= 4 is 52.2 Å². The van der Waals surface area contributed by atoms with Gasteiger partial charge in [0.25, 0.3) is 5.91 Å². The van der Waals surface area contributed by atoms with Gasteiger partial charge in [-0.15, -0.1) is 11.3 Å². The number of hydrogen-bond acceptors (Lipinski definition) is 3. The van der Waals surface area contributed by atoms with Gasteiger partial charge in [-0.1, -0.05) is 23.2 Å². The predicted octanol–water partition coefficient (Wildman–Crippen LogP) is 4.02. The molecule has 2 N–H and O–H groups in total. The maximum absolute atomic E-state index is 11.7. The predicted molar refractivity (Wildman–Crippen MR) is 77.3 cm³/mol. The highest BCUT2D eigenvalue weighted by Gasteiger charge is 2.12. The van der Waals surface area contributed by atoms with Crippen molar-refractivity contribution in [2.45, 2.75) is 0 Å². The van der Waals surface area contributed by atoms with E-state index in [4.69, 9.17) is 23.2 Å². The average molecular weight is 315 g/mol. The third kappa shape index (κ3) is 3.96. The lowest BCUT2D eigenvalue weighted by atomic mass is 10.3. The largest absolute Gasteiger partial charge is 0.326 e. The van der Waals surface area contributed by atoms with Gasteiger partial charge < -0.3 is 5.32 Å². The molecule has 0 saturated carbocycles. The number of urea groups is 1. The molecule has 0 unspecified atom stereocenters. The Morgan fingerprint density at radius 3 is 2.26 bits per heavy atom. The molecule has 0 aliphatic rings. The lowest BCUT2D eigenvalue weighted by Crippen LogP contribution is -2.33. The molecule has 0 atom stereocenters. The van der Waals surface area contributed by atoms with Crippen molar-refractivity contribution in [1.82, 2.24) is 5.32 Å². The molecule has 4 nitrogen and oxygen atoms in total. The Bertz CT molecular complexity index is 610. The number of carbonyl (C=O) groups excluding carboxylic acids is 2. The van der Waals surface area contributed by atoms with Crippen molar-refractivity contribution in [3.63, 3.8) is 0 Å². The fourth-order valence-electron chi connectivity index (χ4n) is 1.30. The van der Waals surface area contributed by atoms with Crippen molar-refractivity contribution in [1.29, 1.82) is 0 Å². The number of imide groups is 1. The van der Waals surface area contributed by atoms with Gasteiger partial charge in [-0.25, -0.2) is 4.79 Å². The normalized spacial score (nSPS) is 10.0. The van der Waals surface area contributed by atoms with Gasteiger partial charge in [0, 0.05) is 10.7 Å². The van der Waals surface area contributed by atoms with Crippen molar-refractivity contribution in [2.24, 2.45) is 0 Å². The van der Waals surface area contributed by atoms with Crippen LogP contribution in [0.2, 0.25) is 9.36 Å². The highest BCUT2D eigenvalue weighted by Crippen LogP contribution is 2.21. The Kier molecular flexibility index (Phi) is 4.42. The van der Waals surface area contributed by atoms with Crippen LogP contribution < -0.4 is 10.6 Å². The van der Waals surface area contributed by atoms with E-state index in [-0.39, 0.29) is 0 Å². The number of halogens is 2. The van der Waals surface area contributed by atoms with E-state index in [1.165, 1.54) is 0 Å². The van der Waals surface area contributed by atoms with Gasteiger partial charge in [0.2, 0.25) is 0 Å². The van der Waals surface area contributed by atoms with Crippen LogP contribution in [0.5, 0.6) is 0 Å². The van der Waals surface area contributed by atoms with E-state index >= 15 is 0 Å². The van der Waals surface area contributed by atoms with Crippen molar-refractivity contribution in [3.8, 4) is 0 Å². The molecule has 0 radical (unpaired) electrons. The van der Waals surface area contributed by atoms with E-state index in [2.05, 4.69) is 10.6 Å². The van der Waals surface area contributed by atoms with E-state index in [0.717, 1.165) is 11.3 Å². The molecule has 1 aromatic carbocycles. The van der Waals surface area contributed by atoms with Gasteiger partial charge in [0.15, 0.2) is 0 Å². The topological polar surface area (TPSA) is 58.2 Å². The van der Waals surface area contributed by atoms with Crippen molar-refractivity contribution in [2.75, 3.05) is 5.32 Å². The maximum Gasteiger partial charge on any atom is 0.326 e. The zero-order valence-corrected chi connectivity index (χ0v) is 11.8. The first-order valence-corrected chi connectivity index (χ1v) is 6.75. The van der Waals surface area contributed by atoms with E-state index in [1.807, 2.05) is 0 Å². The van der Waals surface area contributed by atoms with Crippen LogP contribution >= 0.6 is 34.5 Å². The van der Waals surface area contributed by atoms with E-state index < -0.39 is 11.9 Å². The number of amides is 3. The Morgan fingerprint density at radius 1 is 1.00 bits per heavy atom. The molecular weight excluding hydrogens is 307 g/mol.